The molecule has 2 aromatic rings. The third-order valence-corrected chi connectivity index (χ3v) is 7.46. The summed E-state index contributed by atoms with van der Waals surface area (Å²) in [6.07, 6.45) is 10.6. The van der Waals surface area contributed by atoms with Gasteiger partial charge in [-0.25, -0.2) is 0 Å². The minimum absolute atomic E-state index is 0.129. The molecule has 160 valence electrons. The van der Waals surface area contributed by atoms with E-state index in [0.29, 0.717) is 24.1 Å². The third kappa shape index (κ3) is 3.47. The molecule has 3 aliphatic rings. The molecule has 5 nitrogen and oxygen atoms in total. The number of rotatable bonds is 3. The zero-order chi connectivity index (χ0) is 20.7. The van der Waals surface area contributed by atoms with Gasteiger partial charge in [-0.1, -0.05) is 56.9 Å². The lowest BCUT2D eigenvalue weighted by molar-refractivity contribution is 0.0851. The number of nitrogens with one attached hydrogen (secondary N) is 1. The Labute approximate surface area is 178 Å². The molecule has 5 heteroatoms. The maximum atomic E-state index is 13.4. The van der Waals surface area contributed by atoms with E-state index in [2.05, 4.69) is 16.9 Å². The number of carbonyl (C=O) groups is 1. The first kappa shape index (κ1) is 19.8. The molecule has 0 bridgehead atoms. The molecule has 0 unspecified atom stereocenters. The first-order valence-corrected chi connectivity index (χ1v) is 11.8. The number of fused-ring (bicyclic) bond motifs is 2. The van der Waals surface area contributed by atoms with Crippen molar-refractivity contribution in [1.29, 1.82) is 0 Å². The van der Waals surface area contributed by atoms with Gasteiger partial charge in [0, 0.05) is 17.7 Å². The summed E-state index contributed by atoms with van der Waals surface area (Å²) in [6.45, 7) is 2.30. The molecule has 3 aliphatic carbocycles. The Morgan fingerprint density at radius 1 is 1.10 bits per heavy atom. The molecule has 1 fully saturated rings. The molecule has 1 saturated carbocycles. The van der Waals surface area contributed by atoms with Crippen LogP contribution in [0.25, 0.3) is 0 Å². The van der Waals surface area contributed by atoms with Crippen LogP contribution in [0, 0.1) is 0 Å². The maximum Gasteiger partial charge on any atom is 0.272 e. The van der Waals surface area contributed by atoms with Crippen molar-refractivity contribution in [2.45, 2.75) is 95.2 Å². The normalized spacial score (nSPS) is 26.7. The monoisotopic (exact) mass is 407 g/mol. The lowest BCUT2D eigenvalue weighted by Crippen LogP contribution is -2.34. The Morgan fingerprint density at radius 2 is 1.87 bits per heavy atom. The summed E-state index contributed by atoms with van der Waals surface area (Å²) in [7, 11) is 0. The molecule has 5 rings (SSSR count). The highest BCUT2D eigenvalue weighted by Crippen LogP contribution is 2.38. The van der Waals surface area contributed by atoms with Gasteiger partial charge in [0.05, 0.1) is 18.2 Å². The van der Waals surface area contributed by atoms with Crippen LogP contribution < -0.4 is 5.32 Å². The summed E-state index contributed by atoms with van der Waals surface area (Å²) in [6, 6.07) is 8.08. The van der Waals surface area contributed by atoms with Gasteiger partial charge in [-0.2, -0.15) is 5.10 Å². The highest BCUT2D eigenvalue weighted by molar-refractivity contribution is 5.94. The van der Waals surface area contributed by atoms with Gasteiger partial charge in [0.15, 0.2) is 5.69 Å². The predicted molar refractivity (Wildman–Crippen MR) is 117 cm³/mol. The van der Waals surface area contributed by atoms with E-state index in [9.17, 15) is 9.90 Å². The largest absolute Gasteiger partial charge is 0.390 e. The average molecular weight is 408 g/mol. The zero-order valence-electron chi connectivity index (χ0n) is 17.9. The summed E-state index contributed by atoms with van der Waals surface area (Å²) in [5, 5.41) is 18.7. The highest BCUT2D eigenvalue weighted by Gasteiger charge is 2.35. The summed E-state index contributed by atoms with van der Waals surface area (Å²) in [4.78, 5) is 13.4. The van der Waals surface area contributed by atoms with Crippen molar-refractivity contribution < 1.29 is 9.90 Å². The molecule has 1 amide bonds. The number of benzene rings is 1. The molecule has 1 aromatic heterocycles. The van der Waals surface area contributed by atoms with Crippen LogP contribution in [0.4, 0.5) is 0 Å². The van der Waals surface area contributed by atoms with Crippen molar-refractivity contribution in [3.63, 3.8) is 0 Å². The highest BCUT2D eigenvalue weighted by atomic mass is 16.3. The van der Waals surface area contributed by atoms with Crippen molar-refractivity contribution in [3.8, 4) is 0 Å². The lowest BCUT2D eigenvalue weighted by atomic mass is 9.93. The van der Waals surface area contributed by atoms with Crippen LogP contribution in [0.5, 0.6) is 0 Å². The number of hydrogen-bond donors (Lipinski definition) is 2. The molecule has 0 radical (unpaired) electrons. The Balaban J connectivity index is 1.48. The fourth-order valence-corrected chi connectivity index (χ4v) is 5.88. The SMILES string of the molecule is C[C@@H]1CCCCc2c(C(=O)N[C@@H]3c4ccccc4C[C@@H]3O)nn(C3CCCCC3)c21. The molecular formula is C25H33N3O2. The molecule has 3 atom stereocenters. The van der Waals surface area contributed by atoms with Crippen LogP contribution in [0.15, 0.2) is 24.3 Å². The number of carbonyl (C=O) groups excluding carboxylic acids is 1. The summed E-state index contributed by atoms with van der Waals surface area (Å²) < 4.78 is 2.23. The average Bonchev–Trinajstić information content (AvgIpc) is 3.23. The van der Waals surface area contributed by atoms with Crippen molar-refractivity contribution in [3.05, 3.63) is 52.3 Å². The maximum absolute atomic E-state index is 13.4. The standard InChI is InChI=1S/C25H33N3O2/c1-16-9-5-7-14-20-23(27-28(24(16)20)18-11-3-2-4-12-18)25(30)26-22-19-13-8-6-10-17(19)15-21(22)29/h6,8,10,13,16,18,21-22,29H,2-5,7,9,11-12,14-15H2,1H3,(H,26,30)/t16-,21+,22-/m1/s1. The summed E-state index contributed by atoms with van der Waals surface area (Å²) >= 11 is 0. The van der Waals surface area contributed by atoms with Crippen LogP contribution >= 0.6 is 0 Å². The topological polar surface area (TPSA) is 67.2 Å². The van der Waals surface area contributed by atoms with Crippen LogP contribution in [0.2, 0.25) is 0 Å². The van der Waals surface area contributed by atoms with Gasteiger partial charge >= 0.3 is 0 Å². The number of nitrogens with zero attached hydrogens (tertiary/aromatic N) is 2. The Bertz CT molecular complexity index is 928. The Hall–Kier alpha value is -2.14. The molecule has 30 heavy (non-hydrogen) atoms. The molecule has 0 spiro atoms. The smallest absolute Gasteiger partial charge is 0.272 e. The van der Waals surface area contributed by atoms with Crippen LogP contribution in [-0.2, 0) is 12.8 Å². The van der Waals surface area contributed by atoms with E-state index in [4.69, 9.17) is 5.10 Å². The van der Waals surface area contributed by atoms with E-state index >= 15 is 0 Å². The van der Waals surface area contributed by atoms with Crippen molar-refractivity contribution >= 4 is 5.91 Å². The second kappa shape index (κ2) is 8.18. The van der Waals surface area contributed by atoms with E-state index < -0.39 is 6.10 Å². The number of aliphatic hydroxyl groups is 1. The predicted octanol–water partition coefficient (Wildman–Crippen LogP) is 4.61. The van der Waals surface area contributed by atoms with Gasteiger partial charge in [0.25, 0.3) is 5.91 Å². The second-order valence-corrected chi connectivity index (χ2v) is 9.52. The molecule has 1 heterocycles. The number of aliphatic hydroxyl groups excluding tert-OH is 1. The number of amides is 1. The minimum Gasteiger partial charge on any atom is -0.390 e. The van der Waals surface area contributed by atoms with Gasteiger partial charge in [0.2, 0.25) is 0 Å². The van der Waals surface area contributed by atoms with Gasteiger partial charge in [0.1, 0.15) is 0 Å². The van der Waals surface area contributed by atoms with E-state index in [1.807, 2.05) is 24.3 Å². The number of aromatic nitrogens is 2. The minimum atomic E-state index is -0.579. The van der Waals surface area contributed by atoms with E-state index in [1.165, 1.54) is 37.8 Å². The lowest BCUT2D eigenvalue weighted by Gasteiger charge is -2.25. The molecule has 1 aromatic carbocycles. The van der Waals surface area contributed by atoms with Crippen LogP contribution in [-0.4, -0.2) is 26.9 Å². The van der Waals surface area contributed by atoms with Gasteiger partial charge in [-0.15, -0.1) is 0 Å². The fraction of sp³-hybridized carbons (Fsp3) is 0.600. The van der Waals surface area contributed by atoms with Crippen LogP contribution in [0.1, 0.15) is 109 Å². The van der Waals surface area contributed by atoms with E-state index in [-0.39, 0.29) is 11.9 Å². The number of hydrogen-bond acceptors (Lipinski definition) is 3. The van der Waals surface area contributed by atoms with E-state index in [1.54, 1.807) is 0 Å². The van der Waals surface area contributed by atoms with Gasteiger partial charge < -0.3 is 10.4 Å². The Morgan fingerprint density at radius 3 is 2.70 bits per heavy atom. The van der Waals surface area contributed by atoms with Crippen molar-refractivity contribution in [2.24, 2.45) is 0 Å². The summed E-state index contributed by atoms with van der Waals surface area (Å²) in [5.74, 6) is 0.312. The second-order valence-electron chi connectivity index (χ2n) is 9.52. The first-order valence-electron chi connectivity index (χ1n) is 11.8. The molecular weight excluding hydrogens is 374 g/mol. The quantitative estimate of drug-likeness (QED) is 0.731. The molecule has 0 aliphatic heterocycles. The first-order chi connectivity index (χ1) is 14.6. The zero-order valence-corrected chi connectivity index (χ0v) is 17.9. The fourth-order valence-electron chi connectivity index (χ4n) is 5.88. The van der Waals surface area contributed by atoms with Crippen molar-refractivity contribution in [1.82, 2.24) is 15.1 Å². The van der Waals surface area contributed by atoms with E-state index in [0.717, 1.165) is 42.4 Å². The molecule has 0 saturated heterocycles. The summed E-state index contributed by atoms with van der Waals surface area (Å²) in [5.41, 5.74) is 5.21. The molecule has 2 N–H and O–H groups in total. The van der Waals surface area contributed by atoms with Gasteiger partial charge in [-0.05, 0) is 49.1 Å². The van der Waals surface area contributed by atoms with Crippen LogP contribution in [0.3, 0.4) is 0 Å². The van der Waals surface area contributed by atoms with Gasteiger partial charge in [-0.3, -0.25) is 9.48 Å². The van der Waals surface area contributed by atoms with Crippen molar-refractivity contribution in [2.75, 3.05) is 0 Å². The third-order valence-electron chi connectivity index (χ3n) is 7.46. The Kier molecular flexibility index (Phi) is 5.40.